The molecule has 0 unspecified atom stereocenters. The Balaban J connectivity index is 3.34. The number of halogens is 2. The number of phenols is 1. The summed E-state index contributed by atoms with van der Waals surface area (Å²) >= 11 is 5.81. The van der Waals surface area contributed by atoms with Crippen LogP contribution in [0, 0.1) is 0 Å². The lowest BCUT2D eigenvalue weighted by Crippen LogP contribution is -2.10. The minimum atomic E-state index is -3.85. The van der Waals surface area contributed by atoms with Crippen molar-refractivity contribution in [2.45, 2.75) is 12.7 Å². The molecule has 0 aromatic heterocycles. The van der Waals surface area contributed by atoms with Gasteiger partial charge in [-0.05, 0) is 12.1 Å². The third-order valence-electron chi connectivity index (χ3n) is 1.85. The Morgan fingerprint density at radius 1 is 1.47 bits per heavy atom. The summed E-state index contributed by atoms with van der Waals surface area (Å²) < 4.78 is 22.0. The van der Waals surface area contributed by atoms with Crippen LogP contribution in [-0.2, 0) is 19.6 Å². The summed E-state index contributed by atoms with van der Waals surface area (Å²) in [6.45, 7) is 1.22. The second-order valence-electron chi connectivity index (χ2n) is 3.28. The van der Waals surface area contributed by atoms with E-state index in [1.807, 2.05) is 0 Å². The zero-order valence-electron chi connectivity index (χ0n) is 8.70. The number of amides is 1. The zero-order valence-corrected chi connectivity index (χ0v) is 11.0. The molecule has 0 bridgehead atoms. The number of aromatic hydroxyl groups is 1. The molecule has 1 aromatic carbocycles. The summed E-state index contributed by atoms with van der Waals surface area (Å²) in [5.41, 5.74) is 0.00564. The Morgan fingerprint density at radius 3 is 2.53 bits per heavy atom. The maximum absolute atomic E-state index is 11.0. The van der Waals surface area contributed by atoms with Gasteiger partial charge in [-0.3, -0.25) is 4.79 Å². The molecule has 0 spiro atoms. The van der Waals surface area contributed by atoms with E-state index in [9.17, 15) is 18.3 Å². The lowest BCUT2D eigenvalue weighted by atomic mass is 10.2. The van der Waals surface area contributed by atoms with E-state index in [1.165, 1.54) is 19.1 Å². The Hall–Kier alpha value is -0.980. The number of phenolic OH excluding ortho intramolecular Hbond substituents is 1. The first-order valence-corrected chi connectivity index (χ1v) is 7.26. The molecule has 0 atom stereocenters. The fraction of sp³-hybridized carbons (Fsp3) is 0.222. The summed E-state index contributed by atoms with van der Waals surface area (Å²) in [6.07, 6.45) is 0. The van der Waals surface area contributed by atoms with Gasteiger partial charge in [-0.1, -0.05) is 11.6 Å². The summed E-state index contributed by atoms with van der Waals surface area (Å²) in [4.78, 5) is 10.9. The van der Waals surface area contributed by atoms with Gasteiger partial charge >= 0.3 is 0 Å². The highest BCUT2D eigenvalue weighted by Gasteiger charge is 2.18. The van der Waals surface area contributed by atoms with Gasteiger partial charge in [0.05, 0.1) is 11.4 Å². The third-order valence-corrected chi connectivity index (χ3v) is 3.17. The Kier molecular flexibility index (Phi) is 4.24. The van der Waals surface area contributed by atoms with Gasteiger partial charge in [0.15, 0.2) is 0 Å². The second kappa shape index (κ2) is 5.12. The predicted molar refractivity (Wildman–Crippen MR) is 65.9 cm³/mol. The van der Waals surface area contributed by atoms with Crippen LogP contribution in [0.25, 0.3) is 0 Å². The van der Waals surface area contributed by atoms with Crippen LogP contribution in [-0.4, -0.2) is 19.4 Å². The summed E-state index contributed by atoms with van der Waals surface area (Å²) in [7, 11) is 1.27. The SMILES string of the molecule is CC(=O)Nc1c(O)ccc(Cl)c1CS(=O)(=O)Cl. The lowest BCUT2D eigenvalue weighted by Gasteiger charge is -2.12. The van der Waals surface area contributed by atoms with E-state index in [2.05, 4.69) is 5.32 Å². The van der Waals surface area contributed by atoms with Crippen molar-refractivity contribution in [2.75, 3.05) is 5.32 Å². The fourth-order valence-corrected chi connectivity index (χ4v) is 2.51. The molecule has 8 heteroatoms. The molecule has 17 heavy (non-hydrogen) atoms. The van der Waals surface area contributed by atoms with Crippen molar-refractivity contribution >= 4 is 42.9 Å². The molecule has 5 nitrogen and oxygen atoms in total. The van der Waals surface area contributed by atoms with Gasteiger partial charge < -0.3 is 10.4 Å². The topological polar surface area (TPSA) is 83.5 Å². The first-order valence-electron chi connectivity index (χ1n) is 4.41. The molecular formula is C9H9Cl2NO4S. The molecule has 2 N–H and O–H groups in total. The van der Waals surface area contributed by atoms with Gasteiger partial charge in [0.25, 0.3) is 0 Å². The monoisotopic (exact) mass is 297 g/mol. The molecule has 0 aliphatic heterocycles. The molecule has 0 saturated carbocycles. The van der Waals surface area contributed by atoms with Crippen LogP contribution >= 0.6 is 22.3 Å². The Morgan fingerprint density at radius 2 is 2.06 bits per heavy atom. The van der Waals surface area contributed by atoms with E-state index in [-0.39, 0.29) is 22.0 Å². The minimum absolute atomic E-state index is 0.0470. The average molecular weight is 298 g/mol. The van der Waals surface area contributed by atoms with Crippen LogP contribution in [0.1, 0.15) is 12.5 Å². The Bertz CT molecular complexity index is 556. The van der Waals surface area contributed by atoms with Crippen LogP contribution in [0.3, 0.4) is 0 Å². The number of anilines is 1. The quantitative estimate of drug-likeness (QED) is 0.661. The number of benzene rings is 1. The van der Waals surface area contributed by atoms with Crippen LogP contribution in [0.2, 0.25) is 5.02 Å². The van der Waals surface area contributed by atoms with Crippen molar-refractivity contribution in [3.63, 3.8) is 0 Å². The largest absolute Gasteiger partial charge is 0.506 e. The van der Waals surface area contributed by atoms with E-state index >= 15 is 0 Å². The van der Waals surface area contributed by atoms with E-state index in [4.69, 9.17) is 22.3 Å². The van der Waals surface area contributed by atoms with Gasteiger partial charge in [-0.2, -0.15) is 0 Å². The van der Waals surface area contributed by atoms with Crippen LogP contribution < -0.4 is 5.32 Å². The fourth-order valence-electron chi connectivity index (χ4n) is 1.24. The molecule has 94 valence electrons. The number of hydrogen-bond donors (Lipinski definition) is 2. The van der Waals surface area contributed by atoms with Crippen LogP contribution in [0.15, 0.2) is 12.1 Å². The third kappa shape index (κ3) is 4.07. The van der Waals surface area contributed by atoms with Crippen molar-refractivity contribution in [3.8, 4) is 5.75 Å². The second-order valence-corrected chi connectivity index (χ2v) is 6.47. The molecular weight excluding hydrogens is 289 g/mol. The van der Waals surface area contributed by atoms with Gasteiger partial charge in [0.2, 0.25) is 15.0 Å². The van der Waals surface area contributed by atoms with E-state index in [1.54, 1.807) is 0 Å². The number of carbonyl (C=O) groups is 1. The standard InChI is InChI=1S/C9H9Cl2NO4S/c1-5(13)12-9-6(4-17(11,15)16)7(10)2-3-8(9)14/h2-3,14H,4H2,1H3,(H,12,13). The zero-order chi connectivity index (χ0) is 13.2. The lowest BCUT2D eigenvalue weighted by molar-refractivity contribution is -0.114. The normalized spacial score (nSPS) is 11.2. The average Bonchev–Trinajstić information content (AvgIpc) is 2.15. The van der Waals surface area contributed by atoms with Gasteiger partial charge in [-0.25, -0.2) is 8.42 Å². The number of hydrogen-bond acceptors (Lipinski definition) is 4. The smallest absolute Gasteiger partial charge is 0.236 e. The molecule has 0 aliphatic rings. The maximum atomic E-state index is 11.0. The predicted octanol–water partition coefficient (Wildman–Crippen LogP) is 2.07. The highest BCUT2D eigenvalue weighted by Crippen LogP contribution is 2.34. The highest BCUT2D eigenvalue weighted by molar-refractivity contribution is 8.13. The molecule has 0 heterocycles. The van der Waals surface area contributed by atoms with Crippen molar-refractivity contribution in [1.82, 2.24) is 0 Å². The first kappa shape index (κ1) is 14.1. The Labute approximate surface area is 108 Å². The van der Waals surface area contributed by atoms with Crippen LogP contribution in [0.5, 0.6) is 5.75 Å². The number of nitrogens with one attached hydrogen (secondary N) is 1. The molecule has 0 aliphatic carbocycles. The van der Waals surface area contributed by atoms with E-state index in [0.29, 0.717) is 0 Å². The van der Waals surface area contributed by atoms with Gasteiger partial charge in [0.1, 0.15) is 5.75 Å². The summed E-state index contributed by atoms with van der Waals surface area (Å²) in [5.74, 6) is -1.33. The van der Waals surface area contributed by atoms with Crippen molar-refractivity contribution in [2.24, 2.45) is 0 Å². The molecule has 0 radical (unpaired) electrons. The number of rotatable bonds is 3. The van der Waals surface area contributed by atoms with Crippen LogP contribution in [0.4, 0.5) is 5.69 Å². The van der Waals surface area contributed by atoms with Gasteiger partial charge in [-0.15, -0.1) is 0 Å². The summed E-state index contributed by atoms with van der Waals surface area (Å²) in [5, 5.41) is 12.0. The van der Waals surface area contributed by atoms with Crippen molar-refractivity contribution < 1.29 is 18.3 Å². The van der Waals surface area contributed by atoms with Crippen molar-refractivity contribution in [3.05, 3.63) is 22.7 Å². The molecule has 1 amide bonds. The van der Waals surface area contributed by atoms with Gasteiger partial charge in [0, 0.05) is 28.2 Å². The summed E-state index contributed by atoms with van der Waals surface area (Å²) in [6, 6.07) is 2.57. The number of carbonyl (C=O) groups excluding carboxylic acids is 1. The highest BCUT2D eigenvalue weighted by atomic mass is 35.7. The minimum Gasteiger partial charge on any atom is -0.506 e. The maximum Gasteiger partial charge on any atom is 0.236 e. The first-order chi connectivity index (χ1) is 7.70. The molecule has 0 saturated heterocycles. The molecule has 1 rings (SSSR count). The van der Waals surface area contributed by atoms with E-state index < -0.39 is 20.7 Å². The van der Waals surface area contributed by atoms with Crippen molar-refractivity contribution in [1.29, 1.82) is 0 Å². The molecule has 0 fully saturated rings. The molecule has 1 aromatic rings. The van der Waals surface area contributed by atoms with E-state index in [0.717, 1.165) is 0 Å².